The molecule has 5 nitrogen and oxygen atoms in total. The van der Waals surface area contributed by atoms with E-state index in [1.807, 2.05) is 44.2 Å². The Morgan fingerprint density at radius 1 is 1.19 bits per heavy atom. The zero-order valence-corrected chi connectivity index (χ0v) is 15.3. The SMILES string of the molecule is CC[C@H](C)NC(=O)c1ccc2c(c1)nc(C)c(=O)n2Cc1ccccc1. The van der Waals surface area contributed by atoms with E-state index in [0.29, 0.717) is 23.3 Å². The third kappa shape index (κ3) is 3.67. The summed E-state index contributed by atoms with van der Waals surface area (Å²) in [5, 5.41) is 2.96. The van der Waals surface area contributed by atoms with Gasteiger partial charge in [0, 0.05) is 11.6 Å². The van der Waals surface area contributed by atoms with Crippen LogP contribution in [-0.4, -0.2) is 21.5 Å². The van der Waals surface area contributed by atoms with Gasteiger partial charge in [0.05, 0.1) is 17.6 Å². The molecule has 0 spiro atoms. The molecule has 0 bridgehead atoms. The molecule has 0 fully saturated rings. The number of aromatic nitrogens is 2. The molecule has 5 heteroatoms. The number of benzene rings is 2. The van der Waals surface area contributed by atoms with Crippen LogP contribution in [-0.2, 0) is 6.54 Å². The third-order valence-corrected chi connectivity index (χ3v) is 4.54. The highest BCUT2D eigenvalue weighted by Crippen LogP contribution is 2.15. The van der Waals surface area contributed by atoms with Crippen LogP contribution in [0.2, 0.25) is 0 Å². The molecule has 26 heavy (non-hydrogen) atoms. The summed E-state index contributed by atoms with van der Waals surface area (Å²) in [6.45, 7) is 6.17. The number of carbonyl (C=O) groups excluding carboxylic acids is 1. The Balaban J connectivity index is 2.04. The molecule has 1 heterocycles. The van der Waals surface area contributed by atoms with Crippen LogP contribution in [0.1, 0.15) is 41.9 Å². The van der Waals surface area contributed by atoms with E-state index in [2.05, 4.69) is 10.3 Å². The molecule has 0 saturated heterocycles. The first-order valence-corrected chi connectivity index (χ1v) is 8.85. The minimum atomic E-state index is -0.124. The molecule has 134 valence electrons. The fourth-order valence-electron chi connectivity index (χ4n) is 2.85. The van der Waals surface area contributed by atoms with E-state index < -0.39 is 0 Å². The van der Waals surface area contributed by atoms with E-state index in [4.69, 9.17) is 0 Å². The Hall–Kier alpha value is -2.95. The summed E-state index contributed by atoms with van der Waals surface area (Å²) in [6.07, 6.45) is 0.868. The van der Waals surface area contributed by atoms with Crippen molar-refractivity contribution in [1.29, 1.82) is 0 Å². The van der Waals surface area contributed by atoms with E-state index in [1.54, 1.807) is 29.7 Å². The van der Waals surface area contributed by atoms with Crippen molar-refractivity contribution in [2.75, 3.05) is 0 Å². The fraction of sp³-hybridized carbons (Fsp3) is 0.286. The number of carbonyl (C=O) groups is 1. The first-order valence-electron chi connectivity index (χ1n) is 8.85. The molecular formula is C21H23N3O2. The molecule has 0 aliphatic heterocycles. The smallest absolute Gasteiger partial charge is 0.272 e. The number of aryl methyl sites for hydroxylation is 1. The Labute approximate surface area is 152 Å². The summed E-state index contributed by atoms with van der Waals surface area (Å²) < 4.78 is 1.71. The number of fused-ring (bicyclic) bond motifs is 1. The van der Waals surface area contributed by atoms with E-state index in [1.165, 1.54) is 0 Å². The average Bonchev–Trinajstić information content (AvgIpc) is 2.65. The largest absolute Gasteiger partial charge is 0.350 e. The van der Waals surface area contributed by atoms with E-state index >= 15 is 0 Å². The van der Waals surface area contributed by atoms with Gasteiger partial charge in [-0.05, 0) is 44.0 Å². The number of rotatable bonds is 5. The fourth-order valence-corrected chi connectivity index (χ4v) is 2.85. The Morgan fingerprint density at radius 3 is 2.62 bits per heavy atom. The third-order valence-electron chi connectivity index (χ3n) is 4.54. The monoisotopic (exact) mass is 349 g/mol. The predicted molar refractivity (Wildman–Crippen MR) is 104 cm³/mol. The van der Waals surface area contributed by atoms with Crippen molar-refractivity contribution in [1.82, 2.24) is 14.9 Å². The first-order chi connectivity index (χ1) is 12.5. The second-order valence-corrected chi connectivity index (χ2v) is 6.56. The molecule has 3 aromatic rings. The standard InChI is InChI=1S/C21H23N3O2/c1-4-14(2)22-20(25)17-10-11-19-18(12-17)23-15(3)21(26)24(19)13-16-8-6-5-7-9-16/h5-12,14H,4,13H2,1-3H3,(H,22,25)/t14-/m0/s1. The van der Waals surface area contributed by atoms with Crippen molar-refractivity contribution in [3.63, 3.8) is 0 Å². The van der Waals surface area contributed by atoms with Gasteiger partial charge in [-0.2, -0.15) is 0 Å². The summed E-state index contributed by atoms with van der Waals surface area (Å²) in [5.74, 6) is -0.124. The minimum absolute atomic E-state index is 0.111. The van der Waals surface area contributed by atoms with Gasteiger partial charge < -0.3 is 9.88 Å². The Bertz CT molecular complexity index is 993. The lowest BCUT2D eigenvalue weighted by Crippen LogP contribution is -2.32. The summed E-state index contributed by atoms with van der Waals surface area (Å²) >= 11 is 0. The molecule has 0 radical (unpaired) electrons. The van der Waals surface area contributed by atoms with Crippen molar-refractivity contribution < 1.29 is 4.79 Å². The minimum Gasteiger partial charge on any atom is -0.350 e. The van der Waals surface area contributed by atoms with Gasteiger partial charge in [0.2, 0.25) is 0 Å². The van der Waals surface area contributed by atoms with Crippen molar-refractivity contribution in [3.8, 4) is 0 Å². The molecule has 1 amide bonds. The van der Waals surface area contributed by atoms with Crippen molar-refractivity contribution >= 4 is 16.9 Å². The topological polar surface area (TPSA) is 64.0 Å². The molecule has 0 aliphatic rings. The van der Waals surface area contributed by atoms with Gasteiger partial charge in [-0.25, -0.2) is 4.98 Å². The van der Waals surface area contributed by atoms with Gasteiger partial charge in [0.1, 0.15) is 5.69 Å². The van der Waals surface area contributed by atoms with Gasteiger partial charge >= 0.3 is 0 Å². The lowest BCUT2D eigenvalue weighted by atomic mass is 10.1. The second kappa shape index (κ2) is 7.52. The summed E-state index contributed by atoms with van der Waals surface area (Å²) in [5.41, 5.74) is 3.28. The number of amides is 1. The number of nitrogens with one attached hydrogen (secondary N) is 1. The van der Waals surface area contributed by atoms with Gasteiger partial charge in [-0.15, -0.1) is 0 Å². The van der Waals surface area contributed by atoms with Crippen LogP contribution in [0.5, 0.6) is 0 Å². The highest BCUT2D eigenvalue weighted by Gasteiger charge is 2.13. The van der Waals surface area contributed by atoms with Crippen molar-refractivity contribution in [3.05, 3.63) is 75.7 Å². The maximum Gasteiger partial charge on any atom is 0.272 e. The maximum absolute atomic E-state index is 12.6. The number of nitrogens with zero attached hydrogens (tertiary/aromatic N) is 2. The molecule has 1 N–H and O–H groups in total. The van der Waals surface area contributed by atoms with Gasteiger partial charge in [0.25, 0.3) is 11.5 Å². The maximum atomic E-state index is 12.6. The van der Waals surface area contributed by atoms with Crippen LogP contribution in [0, 0.1) is 6.92 Å². The van der Waals surface area contributed by atoms with Crippen LogP contribution in [0.4, 0.5) is 0 Å². The highest BCUT2D eigenvalue weighted by molar-refractivity contribution is 5.97. The molecule has 0 unspecified atom stereocenters. The van der Waals surface area contributed by atoms with E-state index in [0.717, 1.165) is 17.5 Å². The van der Waals surface area contributed by atoms with Crippen LogP contribution in [0.25, 0.3) is 11.0 Å². The lowest BCUT2D eigenvalue weighted by Gasteiger charge is -2.14. The molecule has 3 rings (SSSR count). The molecule has 1 aromatic heterocycles. The van der Waals surface area contributed by atoms with Gasteiger partial charge in [-0.1, -0.05) is 37.3 Å². The molecule has 0 saturated carbocycles. The second-order valence-electron chi connectivity index (χ2n) is 6.56. The average molecular weight is 349 g/mol. The van der Waals surface area contributed by atoms with Crippen molar-refractivity contribution in [2.45, 2.75) is 39.8 Å². The van der Waals surface area contributed by atoms with Crippen LogP contribution >= 0.6 is 0 Å². The number of hydrogen-bond acceptors (Lipinski definition) is 3. The van der Waals surface area contributed by atoms with E-state index in [9.17, 15) is 9.59 Å². The highest BCUT2D eigenvalue weighted by atomic mass is 16.1. The van der Waals surface area contributed by atoms with E-state index in [-0.39, 0.29) is 17.5 Å². The van der Waals surface area contributed by atoms with Gasteiger partial charge in [-0.3, -0.25) is 9.59 Å². The molecule has 2 aromatic carbocycles. The van der Waals surface area contributed by atoms with Crippen molar-refractivity contribution in [2.24, 2.45) is 0 Å². The quantitative estimate of drug-likeness (QED) is 0.769. The Morgan fingerprint density at radius 2 is 1.92 bits per heavy atom. The molecule has 1 atom stereocenters. The van der Waals surface area contributed by atoms with Crippen LogP contribution < -0.4 is 10.9 Å². The molecule has 0 aliphatic carbocycles. The molecular weight excluding hydrogens is 326 g/mol. The summed E-state index contributed by atoms with van der Waals surface area (Å²) in [4.78, 5) is 29.4. The van der Waals surface area contributed by atoms with Crippen LogP contribution in [0.3, 0.4) is 0 Å². The zero-order valence-electron chi connectivity index (χ0n) is 15.3. The Kier molecular flexibility index (Phi) is 5.16. The first kappa shape index (κ1) is 17.9. The predicted octanol–water partition coefficient (Wildman–Crippen LogP) is 3.28. The number of hydrogen-bond donors (Lipinski definition) is 1. The summed E-state index contributed by atoms with van der Waals surface area (Å²) in [7, 11) is 0. The van der Waals surface area contributed by atoms with Crippen LogP contribution in [0.15, 0.2) is 53.3 Å². The normalized spacial score (nSPS) is 12.1. The van der Waals surface area contributed by atoms with Gasteiger partial charge in [0.15, 0.2) is 0 Å². The lowest BCUT2D eigenvalue weighted by molar-refractivity contribution is 0.0939. The summed E-state index contributed by atoms with van der Waals surface area (Å²) in [6, 6.07) is 15.2. The zero-order chi connectivity index (χ0) is 18.7.